The minimum Gasteiger partial charge on any atom is -0.398 e. The van der Waals surface area contributed by atoms with Crippen LogP contribution in [0.5, 0.6) is 0 Å². The van der Waals surface area contributed by atoms with Crippen molar-refractivity contribution >= 4 is 33.2 Å². The second-order valence-electron chi connectivity index (χ2n) is 4.17. The highest BCUT2D eigenvalue weighted by atomic mass is 79.9. The van der Waals surface area contributed by atoms with Gasteiger partial charge in [0, 0.05) is 21.6 Å². The van der Waals surface area contributed by atoms with Crippen LogP contribution in [0.3, 0.4) is 0 Å². The first-order chi connectivity index (χ1) is 8.49. The second kappa shape index (κ2) is 5.29. The molecular weight excluding hydrogens is 317 g/mol. The van der Waals surface area contributed by atoms with Gasteiger partial charge in [-0.25, -0.2) is 4.39 Å². The van der Waals surface area contributed by atoms with E-state index in [0.29, 0.717) is 17.1 Å². The van der Waals surface area contributed by atoms with Crippen molar-refractivity contribution in [2.24, 2.45) is 0 Å². The third-order valence-corrected chi connectivity index (χ3v) is 3.97. The molecule has 0 saturated carbocycles. The third kappa shape index (κ3) is 2.68. The molecule has 0 amide bonds. The Morgan fingerprint density at radius 3 is 2.72 bits per heavy atom. The summed E-state index contributed by atoms with van der Waals surface area (Å²) in [6.07, 6.45) is 0.522. The number of nitrogens with two attached hydrogens (primary N) is 1. The van der Waals surface area contributed by atoms with Gasteiger partial charge >= 0.3 is 0 Å². The molecule has 0 radical (unpaired) electrons. The lowest BCUT2D eigenvalue weighted by molar-refractivity contribution is 0.626. The fourth-order valence-electron chi connectivity index (χ4n) is 1.85. The van der Waals surface area contributed by atoms with E-state index in [9.17, 15) is 4.39 Å². The highest BCUT2D eigenvalue weighted by Gasteiger charge is 2.10. The van der Waals surface area contributed by atoms with Crippen LogP contribution in [0.2, 0.25) is 5.02 Å². The maximum Gasteiger partial charge on any atom is 0.123 e. The number of nitrogen functional groups attached to an aromatic ring is 1. The SMILES string of the molecule is Cc1ccc(Br)c(N)c1Cc1cc(F)ccc1Cl. The number of anilines is 1. The van der Waals surface area contributed by atoms with Gasteiger partial charge in [0.2, 0.25) is 0 Å². The molecule has 0 aliphatic carbocycles. The molecule has 2 N–H and O–H groups in total. The van der Waals surface area contributed by atoms with E-state index in [4.69, 9.17) is 17.3 Å². The van der Waals surface area contributed by atoms with Crippen molar-refractivity contribution in [3.63, 3.8) is 0 Å². The van der Waals surface area contributed by atoms with E-state index in [1.165, 1.54) is 12.1 Å². The minimum atomic E-state index is -0.291. The topological polar surface area (TPSA) is 26.0 Å². The molecule has 1 nitrogen and oxygen atoms in total. The van der Waals surface area contributed by atoms with Gasteiger partial charge in [-0.3, -0.25) is 0 Å². The molecule has 0 saturated heterocycles. The van der Waals surface area contributed by atoms with Crippen molar-refractivity contribution in [3.8, 4) is 0 Å². The van der Waals surface area contributed by atoms with Gasteiger partial charge in [0.05, 0.1) is 0 Å². The summed E-state index contributed by atoms with van der Waals surface area (Å²) >= 11 is 9.47. The quantitative estimate of drug-likeness (QED) is 0.793. The van der Waals surface area contributed by atoms with Crippen LogP contribution in [0.25, 0.3) is 0 Å². The fraction of sp³-hybridized carbons (Fsp3) is 0.143. The van der Waals surface area contributed by atoms with Gasteiger partial charge in [0.1, 0.15) is 5.82 Å². The summed E-state index contributed by atoms with van der Waals surface area (Å²) in [5, 5.41) is 0.551. The Balaban J connectivity index is 2.46. The van der Waals surface area contributed by atoms with Crippen molar-refractivity contribution < 1.29 is 4.39 Å². The van der Waals surface area contributed by atoms with Gasteiger partial charge in [-0.1, -0.05) is 17.7 Å². The van der Waals surface area contributed by atoms with Gasteiger partial charge in [-0.15, -0.1) is 0 Å². The number of aryl methyl sites for hydroxylation is 1. The zero-order valence-electron chi connectivity index (χ0n) is 9.81. The van der Waals surface area contributed by atoms with E-state index in [1.54, 1.807) is 6.07 Å². The Kier molecular flexibility index (Phi) is 3.93. The molecule has 2 aromatic rings. The molecule has 18 heavy (non-hydrogen) atoms. The van der Waals surface area contributed by atoms with Crippen LogP contribution in [-0.2, 0) is 6.42 Å². The standard InChI is InChI=1S/C14H12BrClFN/c1-8-2-4-12(15)14(18)11(8)7-9-6-10(17)3-5-13(9)16/h2-6H,7,18H2,1H3. The van der Waals surface area contributed by atoms with E-state index >= 15 is 0 Å². The van der Waals surface area contributed by atoms with Crippen molar-refractivity contribution in [1.82, 2.24) is 0 Å². The molecule has 2 aromatic carbocycles. The lowest BCUT2D eigenvalue weighted by atomic mass is 9.99. The monoisotopic (exact) mass is 327 g/mol. The molecule has 0 bridgehead atoms. The summed E-state index contributed by atoms with van der Waals surface area (Å²) in [7, 11) is 0. The highest BCUT2D eigenvalue weighted by molar-refractivity contribution is 9.10. The van der Waals surface area contributed by atoms with Crippen molar-refractivity contribution in [2.45, 2.75) is 13.3 Å². The van der Waals surface area contributed by atoms with E-state index in [2.05, 4.69) is 15.9 Å². The lowest BCUT2D eigenvalue weighted by Crippen LogP contribution is -2.00. The molecule has 0 aromatic heterocycles. The maximum atomic E-state index is 13.2. The minimum absolute atomic E-state index is 0.291. The molecule has 0 aliphatic rings. The van der Waals surface area contributed by atoms with E-state index < -0.39 is 0 Å². The van der Waals surface area contributed by atoms with Gasteiger partial charge in [-0.05, 0) is 63.8 Å². The van der Waals surface area contributed by atoms with Crippen molar-refractivity contribution in [3.05, 3.63) is 62.3 Å². The Morgan fingerprint density at radius 2 is 2.00 bits per heavy atom. The average molecular weight is 329 g/mol. The van der Waals surface area contributed by atoms with Gasteiger partial charge < -0.3 is 5.73 Å². The predicted molar refractivity (Wildman–Crippen MR) is 77.5 cm³/mol. The van der Waals surface area contributed by atoms with Gasteiger partial charge in [-0.2, -0.15) is 0 Å². The van der Waals surface area contributed by atoms with Crippen LogP contribution >= 0.6 is 27.5 Å². The van der Waals surface area contributed by atoms with E-state index in [0.717, 1.165) is 21.2 Å². The number of rotatable bonds is 2. The fourth-order valence-corrected chi connectivity index (χ4v) is 2.40. The zero-order valence-corrected chi connectivity index (χ0v) is 12.1. The molecule has 0 aliphatic heterocycles. The summed E-state index contributed by atoms with van der Waals surface area (Å²) in [4.78, 5) is 0. The molecule has 0 atom stereocenters. The van der Waals surface area contributed by atoms with Crippen molar-refractivity contribution in [2.75, 3.05) is 5.73 Å². The van der Waals surface area contributed by atoms with Gasteiger partial charge in [0.25, 0.3) is 0 Å². The summed E-state index contributed by atoms with van der Waals surface area (Å²) in [6, 6.07) is 8.24. The summed E-state index contributed by atoms with van der Waals surface area (Å²) in [5.74, 6) is -0.291. The maximum absolute atomic E-state index is 13.2. The van der Waals surface area contributed by atoms with E-state index in [-0.39, 0.29) is 5.82 Å². The number of hydrogen-bond donors (Lipinski definition) is 1. The van der Waals surface area contributed by atoms with Crippen molar-refractivity contribution in [1.29, 1.82) is 0 Å². The average Bonchev–Trinajstić information content (AvgIpc) is 2.34. The van der Waals surface area contributed by atoms with Crippen LogP contribution in [0.15, 0.2) is 34.8 Å². The lowest BCUT2D eigenvalue weighted by Gasteiger charge is -2.12. The Hall–Kier alpha value is -1.06. The van der Waals surface area contributed by atoms with Gasteiger partial charge in [0.15, 0.2) is 0 Å². The van der Waals surface area contributed by atoms with E-state index in [1.807, 2.05) is 19.1 Å². The Morgan fingerprint density at radius 1 is 1.28 bits per heavy atom. The van der Waals surface area contributed by atoms with Crippen LogP contribution in [0, 0.1) is 12.7 Å². The first-order valence-corrected chi connectivity index (χ1v) is 6.63. The molecule has 0 heterocycles. The zero-order chi connectivity index (χ0) is 13.3. The smallest absolute Gasteiger partial charge is 0.123 e. The number of halogens is 3. The molecule has 0 fully saturated rings. The second-order valence-corrected chi connectivity index (χ2v) is 5.43. The molecule has 94 valence electrons. The normalized spacial score (nSPS) is 10.7. The Bertz CT molecular complexity index is 599. The highest BCUT2D eigenvalue weighted by Crippen LogP contribution is 2.30. The summed E-state index contributed by atoms with van der Waals surface area (Å²) < 4.78 is 14.1. The Labute approximate surface area is 119 Å². The molecule has 0 unspecified atom stereocenters. The summed E-state index contributed by atoms with van der Waals surface area (Å²) in [5.41, 5.74) is 9.49. The van der Waals surface area contributed by atoms with Crippen LogP contribution in [-0.4, -0.2) is 0 Å². The van der Waals surface area contributed by atoms with Crippen LogP contribution in [0.1, 0.15) is 16.7 Å². The van der Waals surface area contributed by atoms with Crippen LogP contribution in [0.4, 0.5) is 10.1 Å². The molecule has 0 spiro atoms. The first-order valence-electron chi connectivity index (χ1n) is 5.46. The number of hydrogen-bond acceptors (Lipinski definition) is 1. The molecule has 4 heteroatoms. The third-order valence-electron chi connectivity index (χ3n) is 2.91. The first kappa shape index (κ1) is 13.4. The number of benzene rings is 2. The largest absolute Gasteiger partial charge is 0.398 e. The molecular formula is C14H12BrClFN. The molecule has 2 rings (SSSR count). The predicted octanol–water partition coefficient (Wildman–Crippen LogP) is 4.72. The summed E-state index contributed by atoms with van der Waals surface area (Å²) in [6.45, 7) is 1.98. The van der Waals surface area contributed by atoms with Crippen LogP contribution < -0.4 is 5.73 Å².